The molecule has 1 unspecified atom stereocenters. The van der Waals surface area contributed by atoms with Crippen molar-refractivity contribution in [3.63, 3.8) is 0 Å². The van der Waals surface area contributed by atoms with Crippen molar-refractivity contribution in [2.45, 2.75) is 32.9 Å². The van der Waals surface area contributed by atoms with Crippen LogP contribution in [0.2, 0.25) is 0 Å². The smallest absolute Gasteiger partial charge is 0.251 e. The zero-order chi connectivity index (χ0) is 15.9. The Morgan fingerprint density at radius 1 is 1.32 bits per heavy atom. The van der Waals surface area contributed by atoms with Gasteiger partial charge in [-0.25, -0.2) is 4.98 Å². The lowest BCUT2D eigenvalue weighted by molar-refractivity contribution is 0.0934. The summed E-state index contributed by atoms with van der Waals surface area (Å²) in [5, 5.41) is 3.00. The van der Waals surface area contributed by atoms with Crippen LogP contribution >= 0.6 is 0 Å². The standard InChI is InChI=1S/C17H24N4O/c1-13(2)9-16(10-18)20-17(22)15-5-3-14(4-6-15)11-21-8-7-19-12-21/h3-8,12-13,16H,9-11,18H2,1-2H3,(H,20,22). The first-order valence-electron chi connectivity index (χ1n) is 7.64. The highest BCUT2D eigenvalue weighted by atomic mass is 16.1. The van der Waals surface area contributed by atoms with Gasteiger partial charge < -0.3 is 15.6 Å². The summed E-state index contributed by atoms with van der Waals surface area (Å²) in [6.07, 6.45) is 6.33. The van der Waals surface area contributed by atoms with Crippen LogP contribution in [0, 0.1) is 5.92 Å². The van der Waals surface area contributed by atoms with Crippen LogP contribution in [0.3, 0.4) is 0 Å². The molecule has 1 atom stereocenters. The number of aromatic nitrogens is 2. The fourth-order valence-corrected chi connectivity index (χ4v) is 2.40. The molecule has 0 saturated heterocycles. The van der Waals surface area contributed by atoms with E-state index in [0.717, 1.165) is 18.5 Å². The van der Waals surface area contributed by atoms with Crippen molar-refractivity contribution < 1.29 is 4.79 Å². The Kier molecular flexibility index (Phi) is 5.72. The van der Waals surface area contributed by atoms with E-state index in [0.29, 0.717) is 18.0 Å². The van der Waals surface area contributed by atoms with Gasteiger partial charge in [0, 0.05) is 37.1 Å². The molecule has 5 heteroatoms. The Morgan fingerprint density at radius 2 is 2.05 bits per heavy atom. The lowest BCUT2D eigenvalue weighted by Gasteiger charge is -2.18. The Hall–Kier alpha value is -2.14. The largest absolute Gasteiger partial charge is 0.348 e. The van der Waals surface area contributed by atoms with Gasteiger partial charge in [-0.15, -0.1) is 0 Å². The van der Waals surface area contributed by atoms with E-state index < -0.39 is 0 Å². The quantitative estimate of drug-likeness (QED) is 0.822. The van der Waals surface area contributed by atoms with E-state index in [1.54, 1.807) is 12.5 Å². The molecule has 1 heterocycles. The summed E-state index contributed by atoms with van der Waals surface area (Å²) in [6.45, 7) is 5.46. The van der Waals surface area contributed by atoms with Gasteiger partial charge >= 0.3 is 0 Å². The van der Waals surface area contributed by atoms with Crippen molar-refractivity contribution in [3.8, 4) is 0 Å². The number of rotatable bonds is 7. The molecule has 0 saturated carbocycles. The monoisotopic (exact) mass is 300 g/mol. The third-order valence-electron chi connectivity index (χ3n) is 3.52. The molecule has 0 fully saturated rings. The number of nitrogens with two attached hydrogens (primary N) is 1. The summed E-state index contributed by atoms with van der Waals surface area (Å²) in [6, 6.07) is 7.66. The van der Waals surface area contributed by atoms with Gasteiger partial charge in [0.25, 0.3) is 5.91 Å². The minimum Gasteiger partial charge on any atom is -0.348 e. The van der Waals surface area contributed by atoms with Crippen molar-refractivity contribution >= 4 is 5.91 Å². The lowest BCUT2D eigenvalue weighted by Crippen LogP contribution is -2.41. The number of carbonyl (C=O) groups excluding carboxylic acids is 1. The molecule has 1 aromatic carbocycles. The van der Waals surface area contributed by atoms with E-state index in [2.05, 4.69) is 24.1 Å². The Morgan fingerprint density at radius 3 is 2.59 bits per heavy atom. The summed E-state index contributed by atoms with van der Waals surface area (Å²) in [5.41, 5.74) is 7.52. The average molecular weight is 300 g/mol. The molecule has 0 aliphatic heterocycles. The minimum atomic E-state index is -0.0646. The van der Waals surface area contributed by atoms with Crippen LogP contribution in [0.5, 0.6) is 0 Å². The van der Waals surface area contributed by atoms with E-state index in [1.807, 2.05) is 35.0 Å². The van der Waals surface area contributed by atoms with Gasteiger partial charge in [-0.3, -0.25) is 4.79 Å². The van der Waals surface area contributed by atoms with E-state index in [-0.39, 0.29) is 11.9 Å². The normalized spacial score (nSPS) is 12.4. The number of hydrogen-bond acceptors (Lipinski definition) is 3. The molecule has 3 N–H and O–H groups in total. The fraction of sp³-hybridized carbons (Fsp3) is 0.412. The maximum Gasteiger partial charge on any atom is 0.251 e. The van der Waals surface area contributed by atoms with Crippen LogP contribution in [0.4, 0.5) is 0 Å². The average Bonchev–Trinajstić information content (AvgIpc) is 2.99. The molecule has 1 amide bonds. The Labute approximate surface area is 131 Å². The Balaban J connectivity index is 1.95. The number of benzene rings is 1. The predicted octanol–water partition coefficient (Wildman–Crippen LogP) is 2.03. The molecule has 0 aliphatic rings. The third-order valence-corrected chi connectivity index (χ3v) is 3.52. The molecule has 0 aliphatic carbocycles. The molecule has 22 heavy (non-hydrogen) atoms. The maximum atomic E-state index is 12.2. The van der Waals surface area contributed by atoms with Gasteiger partial charge in [0.1, 0.15) is 0 Å². The van der Waals surface area contributed by atoms with Crippen molar-refractivity contribution in [1.82, 2.24) is 14.9 Å². The van der Waals surface area contributed by atoms with Gasteiger partial charge in [0.05, 0.1) is 6.33 Å². The van der Waals surface area contributed by atoms with Crippen LogP contribution in [-0.2, 0) is 6.54 Å². The van der Waals surface area contributed by atoms with Crippen molar-refractivity contribution in [2.75, 3.05) is 6.54 Å². The summed E-state index contributed by atoms with van der Waals surface area (Å²) in [4.78, 5) is 16.3. The van der Waals surface area contributed by atoms with Crippen LogP contribution in [0.15, 0.2) is 43.0 Å². The minimum absolute atomic E-state index is 0.0260. The topological polar surface area (TPSA) is 72.9 Å². The second-order valence-corrected chi connectivity index (χ2v) is 5.97. The van der Waals surface area contributed by atoms with Crippen molar-refractivity contribution in [1.29, 1.82) is 0 Å². The predicted molar refractivity (Wildman–Crippen MR) is 87.5 cm³/mol. The van der Waals surface area contributed by atoms with Gasteiger partial charge in [-0.1, -0.05) is 26.0 Å². The summed E-state index contributed by atoms with van der Waals surface area (Å²) < 4.78 is 1.99. The number of carbonyl (C=O) groups is 1. The molecule has 0 spiro atoms. The second kappa shape index (κ2) is 7.75. The summed E-state index contributed by atoms with van der Waals surface area (Å²) >= 11 is 0. The van der Waals surface area contributed by atoms with Crippen molar-refractivity contribution in [2.24, 2.45) is 11.7 Å². The van der Waals surface area contributed by atoms with Crippen LogP contribution in [0.25, 0.3) is 0 Å². The van der Waals surface area contributed by atoms with Crippen LogP contribution in [-0.4, -0.2) is 28.0 Å². The summed E-state index contributed by atoms with van der Waals surface area (Å²) in [5.74, 6) is 0.441. The first-order valence-corrected chi connectivity index (χ1v) is 7.64. The highest BCUT2D eigenvalue weighted by Crippen LogP contribution is 2.08. The summed E-state index contributed by atoms with van der Waals surface area (Å²) in [7, 11) is 0. The highest BCUT2D eigenvalue weighted by molar-refractivity contribution is 5.94. The first kappa shape index (κ1) is 16.2. The highest BCUT2D eigenvalue weighted by Gasteiger charge is 2.13. The van der Waals surface area contributed by atoms with E-state index >= 15 is 0 Å². The first-order chi connectivity index (χ1) is 10.6. The zero-order valence-electron chi connectivity index (χ0n) is 13.2. The third kappa shape index (κ3) is 4.70. The number of imidazole rings is 1. The van der Waals surface area contributed by atoms with Gasteiger partial charge in [0.2, 0.25) is 0 Å². The lowest BCUT2D eigenvalue weighted by atomic mass is 10.0. The fourth-order valence-electron chi connectivity index (χ4n) is 2.40. The maximum absolute atomic E-state index is 12.2. The van der Waals surface area contributed by atoms with Crippen LogP contribution in [0.1, 0.15) is 36.2 Å². The number of nitrogens with one attached hydrogen (secondary N) is 1. The molecule has 0 radical (unpaired) electrons. The molecule has 0 bridgehead atoms. The molecule has 118 valence electrons. The second-order valence-electron chi connectivity index (χ2n) is 5.97. The molecule has 2 rings (SSSR count). The molecular weight excluding hydrogens is 276 g/mol. The van der Waals surface area contributed by atoms with E-state index in [9.17, 15) is 4.79 Å². The SMILES string of the molecule is CC(C)CC(CN)NC(=O)c1ccc(Cn2ccnc2)cc1. The van der Waals surface area contributed by atoms with Crippen molar-refractivity contribution in [3.05, 3.63) is 54.1 Å². The number of amides is 1. The number of nitrogens with zero attached hydrogens (tertiary/aromatic N) is 2. The molecule has 5 nitrogen and oxygen atoms in total. The molecule has 2 aromatic rings. The number of hydrogen-bond donors (Lipinski definition) is 2. The van der Waals surface area contributed by atoms with Crippen LogP contribution < -0.4 is 11.1 Å². The van der Waals surface area contributed by atoms with E-state index in [1.165, 1.54) is 0 Å². The van der Waals surface area contributed by atoms with Gasteiger partial charge in [-0.2, -0.15) is 0 Å². The van der Waals surface area contributed by atoms with Gasteiger partial charge in [-0.05, 0) is 30.0 Å². The zero-order valence-corrected chi connectivity index (χ0v) is 13.2. The Bertz CT molecular complexity index is 575. The van der Waals surface area contributed by atoms with E-state index in [4.69, 9.17) is 5.73 Å². The molecular formula is C17H24N4O. The molecule has 1 aromatic heterocycles. The van der Waals surface area contributed by atoms with Gasteiger partial charge in [0.15, 0.2) is 0 Å².